The molecular weight excluding hydrogens is 276 g/mol. The van der Waals surface area contributed by atoms with Gasteiger partial charge in [0.25, 0.3) is 0 Å². The van der Waals surface area contributed by atoms with E-state index in [4.69, 9.17) is 0 Å². The van der Waals surface area contributed by atoms with Crippen molar-refractivity contribution in [3.05, 3.63) is 64.1 Å². The van der Waals surface area contributed by atoms with Crippen molar-refractivity contribution in [3.8, 4) is 0 Å². The fourth-order valence-corrected chi connectivity index (χ4v) is 3.13. The average molecular weight is 292 g/mol. The zero-order valence-electron chi connectivity index (χ0n) is 11.3. The van der Waals surface area contributed by atoms with Crippen LogP contribution >= 0.6 is 0 Å². The standard InChI is InChI=1S/C14H16N2O3S/c1-11-5-3-4-6-12(11)10-20(18,19)15-13-7-8-14(17)16(2)9-13/h3-9,15H,10H2,1-2H3. The molecule has 0 bridgehead atoms. The molecule has 0 amide bonds. The maximum atomic E-state index is 12.1. The van der Waals surface area contributed by atoms with Gasteiger partial charge in [-0.25, -0.2) is 8.42 Å². The predicted molar refractivity (Wildman–Crippen MR) is 79.1 cm³/mol. The van der Waals surface area contributed by atoms with Crippen molar-refractivity contribution < 1.29 is 8.42 Å². The van der Waals surface area contributed by atoms with Gasteiger partial charge in [-0.05, 0) is 24.1 Å². The molecule has 0 spiro atoms. The van der Waals surface area contributed by atoms with E-state index in [1.165, 1.54) is 22.9 Å². The third-order valence-corrected chi connectivity index (χ3v) is 4.20. The highest BCUT2D eigenvalue weighted by Crippen LogP contribution is 2.14. The van der Waals surface area contributed by atoms with Crippen molar-refractivity contribution in [2.75, 3.05) is 4.72 Å². The van der Waals surface area contributed by atoms with Gasteiger partial charge in [0.1, 0.15) is 0 Å². The molecule has 0 saturated heterocycles. The first-order chi connectivity index (χ1) is 9.37. The van der Waals surface area contributed by atoms with Crippen LogP contribution in [0.25, 0.3) is 0 Å². The maximum Gasteiger partial charge on any atom is 0.250 e. The number of benzene rings is 1. The lowest BCUT2D eigenvalue weighted by molar-refractivity contribution is 0.600. The Labute approximate surface area is 117 Å². The van der Waals surface area contributed by atoms with Crippen molar-refractivity contribution in [1.82, 2.24) is 4.57 Å². The number of aromatic nitrogens is 1. The number of hydrogen-bond donors (Lipinski definition) is 1. The molecule has 106 valence electrons. The molecule has 1 aromatic heterocycles. The van der Waals surface area contributed by atoms with E-state index in [-0.39, 0.29) is 11.3 Å². The third-order valence-electron chi connectivity index (χ3n) is 2.97. The minimum atomic E-state index is -3.51. The number of sulfonamides is 1. The van der Waals surface area contributed by atoms with Crippen molar-refractivity contribution in [1.29, 1.82) is 0 Å². The number of aryl methyl sites for hydroxylation is 2. The first-order valence-electron chi connectivity index (χ1n) is 6.09. The Kier molecular flexibility index (Phi) is 3.94. The average Bonchev–Trinajstić information content (AvgIpc) is 2.36. The van der Waals surface area contributed by atoms with Gasteiger partial charge in [-0.15, -0.1) is 0 Å². The first kappa shape index (κ1) is 14.3. The van der Waals surface area contributed by atoms with E-state index >= 15 is 0 Å². The number of nitrogens with one attached hydrogen (secondary N) is 1. The fourth-order valence-electron chi connectivity index (χ4n) is 1.85. The van der Waals surface area contributed by atoms with Gasteiger partial charge in [0.2, 0.25) is 15.6 Å². The minimum Gasteiger partial charge on any atom is -0.316 e. The molecule has 20 heavy (non-hydrogen) atoms. The second-order valence-electron chi connectivity index (χ2n) is 4.65. The Bertz CT molecular complexity index is 779. The van der Waals surface area contributed by atoms with E-state index < -0.39 is 10.0 Å². The second kappa shape index (κ2) is 5.50. The number of nitrogens with zero attached hydrogens (tertiary/aromatic N) is 1. The molecule has 1 heterocycles. The number of hydrogen-bond acceptors (Lipinski definition) is 3. The van der Waals surface area contributed by atoms with Crippen LogP contribution in [-0.4, -0.2) is 13.0 Å². The van der Waals surface area contributed by atoms with Crippen LogP contribution in [0.2, 0.25) is 0 Å². The molecule has 0 aliphatic rings. The van der Waals surface area contributed by atoms with E-state index in [9.17, 15) is 13.2 Å². The van der Waals surface area contributed by atoms with Gasteiger partial charge >= 0.3 is 0 Å². The highest BCUT2D eigenvalue weighted by Gasteiger charge is 2.13. The highest BCUT2D eigenvalue weighted by atomic mass is 32.2. The molecule has 0 saturated carbocycles. The summed E-state index contributed by atoms with van der Waals surface area (Å²) >= 11 is 0. The van der Waals surface area contributed by atoms with Crippen LogP contribution in [0, 0.1) is 6.92 Å². The molecule has 0 aliphatic carbocycles. The van der Waals surface area contributed by atoms with Crippen LogP contribution in [0.4, 0.5) is 5.69 Å². The molecule has 1 aromatic carbocycles. The normalized spacial score (nSPS) is 11.3. The molecule has 2 rings (SSSR count). The SMILES string of the molecule is Cc1ccccc1CS(=O)(=O)Nc1ccc(=O)n(C)c1. The van der Waals surface area contributed by atoms with Crippen LogP contribution in [0.15, 0.2) is 47.4 Å². The van der Waals surface area contributed by atoms with Gasteiger partial charge in [-0.1, -0.05) is 24.3 Å². The molecule has 2 aromatic rings. The predicted octanol–water partition coefficient (Wildman–Crippen LogP) is 1.64. The van der Waals surface area contributed by atoms with E-state index in [0.29, 0.717) is 5.69 Å². The summed E-state index contributed by atoms with van der Waals surface area (Å²) in [6, 6.07) is 10.1. The molecule has 0 atom stereocenters. The Balaban J connectivity index is 2.21. The Morgan fingerprint density at radius 1 is 1.15 bits per heavy atom. The lowest BCUT2D eigenvalue weighted by Crippen LogP contribution is -2.19. The monoisotopic (exact) mass is 292 g/mol. The molecule has 0 unspecified atom stereocenters. The van der Waals surface area contributed by atoms with E-state index in [0.717, 1.165) is 11.1 Å². The minimum absolute atomic E-state index is 0.0947. The molecule has 0 aliphatic heterocycles. The van der Waals surface area contributed by atoms with E-state index in [1.54, 1.807) is 13.1 Å². The van der Waals surface area contributed by atoms with Gasteiger partial charge < -0.3 is 4.57 Å². The van der Waals surface area contributed by atoms with Crippen LogP contribution in [0.1, 0.15) is 11.1 Å². The fraction of sp³-hybridized carbons (Fsp3) is 0.214. The quantitative estimate of drug-likeness (QED) is 0.931. The van der Waals surface area contributed by atoms with Crippen molar-refractivity contribution in [2.24, 2.45) is 7.05 Å². The second-order valence-corrected chi connectivity index (χ2v) is 6.38. The number of anilines is 1. The Morgan fingerprint density at radius 2 is 1.85 bits per heavy atom. The third kappa shape index (κ3) is 3.48. The first-order valence-corrected chi connectivity index (χ1v) is 7.74. The van der Waals surface area contributed by atoms with Crippen molar-refractivity contribution in [3.63, 3.8) is 0 Å². The van der Waals surface area contributed by atoms with Crippen LogP contribution in [-0.2, 0) is 22.8 Å². The van der Waals surface area contributed by atoms with Gasteiger partial charge in [-0.2, -0.15) is 0 Å². The lowest BCUT2D eigenvalue weighted by Gasteiger charge is -2.10. The van der Waals surface area contributed by atoms with Crippen LogP contribution in [0.3, 0.4) is 0 Å². The summed E-state index contributed by atoms with van der Waals surface area (Å²) in [5, 5.41) is 0. The molecule has 0 fully saturated rings. The zero-order valence-corrected chi connectivity index (χ0v) is 12.1. The summed E-state index contributed by atoms with van der Waals surface area (Å²) in [5.41, 5.74) is 1.87. The summed E-state index contributed by atoms with van der Waals surface area (Å²) in [6.07, 6.45) is 1.46. The molecule has 5 nitrogen and oxygen atoms in total. The summed E-state index contributed by atoms with van der Waals surface area (Å²) in [6.45, 7) is 1.87. The number of pyridine rings is 1. The zero-order chi connectivity index (χ0) is 14.8. The van der Waals surface area contributed by atoms with Gasteiger partial charge in [0.15, 0.2) is 0 Å². The van der Waals surface area contributed by atoms with Crippen molar-refractivity contribution >= 4 is 15.7 Å². The summed E-state index contributed by atoms with van der Waals surface area (Å²) in [5.74, 6) is -0.0947. The van der Waals surface area contributed by atoms with Gasteiger partial charge in [0, 0.05) is 19.3 Å². The van der Waals surface area contributed by atoms with E-state index in [2.05, 4.69) is 4.72 Å². The summed E-state index contributed by atoms with van der Waals surface area (Å²) < 4.78 is 28.0. The summed E-state index contributed by atoms with van der Waals surface area (Å²) in [7, 11) is -1.93. The van der Waals surface area contributed by atoms with Crippen LogP contribution in [0.5, 0.6) is 0 Å². The van der Waals surface area contributed by atoms with E-state index in [1.807, 2.05) is 25.1 Å². The lowest BCUT2D eigenvalue weighted by atomic mass is 10.1. The number of rotatable bonds is 4. The van der Waals surface area contributed by atoms with Gasteiger partial charge in [-0.3, -0.25) is 9.52 Å². The van der Waals surface area contributed by atoms with Crippen molar-refractivity contribution in [2.45, 2.75) is 12.7 Å². The molecule has 1 N–H and O–H groups in total. The highest BCUT2D eigenvalue weighted by molar-refractivity contribution is 7.91. The molecular formula is C14H16N2O3S. The smallest absolute Gasteiger partial charge is 0.250 e. The maximum absolute atomic E-state index is 12.1. The molecule has 0 radical (unpaired) electrons. The largest absolute Gasteiger partial charge is 0.316 e. The molecule has 6 heteroatoms. The van der Waals surface area contributed by atoms with Crippen LogP contribution < -0.4 is 10.3 Å². The Hall–Kier alpha value is -2.08. The van der Waals surface area contributed by atoms with Gasteiger partial charge in [0.05, 0.1) is 11.4 Å². The topological polar surface area (TPSA) is 68.2 Å². The Morgan fingerprint density at radius 3 is 2.50 bits per heavy atom. The summed E-state index contributed by atoms with van der Waals surface area (Å²) in [4.78, 5) is 11.3.